The smallest absolute Gasteiger partial charge is 0.223 e. The number of nitrogens with one attached hydrogen (secondary N) is 2. The molecule has 0 bridgehead atoms. The average molecular weight is 532 g/mol. The third-order valence-electron chi connectivity index (χ3n) is 6.96. The number of nitrogens with zero attached hydrogens (tertiary/aromatic N) is 3. The highest BCUT2D eigenvalue weighted by molar-refractivity contribution is 6.39. The first-order valence-electron chi connectivity index (χ1n) is 12.4. The van der Waals surface area contributed by atoms with E-state index in [-0.39, 0.29) is 24.1 Å². The van der Waals surface area contributed by atoms with Gasteiger partial charge >= 0.3 is 0 Å². The molecule has 1 aromatic carbocycles. The Morgan fingerprint density at radius 1 is 1.25 bits per heavy atom. The second-order valence-electron chi connectivity index (χ2n) is 9.91. The van der Waals surface area contributed by atoms with Crippen LogP contribution in [-0.4, -0.2) is 51.0 Å². The number of benzene rings is 1. The predicted molar refractivity (Wildman–Crippen MR) is 143 cm³/mol. The Labute approximate surface area is 220 Å². The van der Waals surface area contributed by atoms with Crippen LogP contribution in [0.2, 0.25) is 10.0 Å². The van der Waals surface area contributed by atoms with Crippen LogP contribution < -0.4 is 16.1 Å². The molecule has 1 saturated heterocycles. The lowest BCUT2D eigenvalue weighted by Crippen LogP contribution is -2.42. The van der Waals surface area contributed by atoms with Crippen molar-refractivity contribution in [3.8, 4) is 11.3 Å². The monoisotopic (exact) mass is 531 g/mol. The molecule has 192 valence electrons. The summed E-state index contributed by atoms with van der Waals surface area (Å²) in [5.74, 6) is 0.344. The van der Waals surface area contributed by atoms with Crippen LogP contribution >= 0.6 is 23.2 Å². The molecular weight excluding hydrogens is 501 g/mol. The van der Waals surface area contributed by atoms with Crippen molar-refractivity contribution in [3.05, 3.63) is 49.9 Å². The van der Waals surface area contributed by atoms with Crippen LogP contribution in [0.25, 0.3) is 22.2 Å². The molecular formula is C26H31Cl2N5O3. The van der Waals surface area contributed by atoms with Crippen molar-refractivity contribution in [1.29, 1.82) is 0 Å². The number of rotatable bonds is 7. The van der Waals surface area contributed by atoms with Gasteiger partial charge in [0.05, 0.1) is 46.2 Å². The van der Waals surface area contributed by atoms with Gasteiger partial charge in [-0.2, -0.15) is 0 Å². The Kier molecular flexibility index (Phi) is 7.25. The van der Waals surface area contributed by atoms with E-state index in [9.17, 15) is 9.90 Å². The van der Waals surface area contributed by atoms with Gasteiger partial charge in [-0.15, -0.1) is 0 Å². The summed E-state index contributed by atoms with van der Waals surface area (Å²) in [6.45, 7) is 7.48. The summed E-state index contributed by atoms with van der Waals surface area (Å²) in [5, 5.41) is 18.3. The number of aromatic nitrogens is 3. The van der Waals surface area contributed by atoms with Gasteiger partial charge in [-0.3, -0.25) is 4.79 Å². The Morgan fingerprint density at radius 2 is 2.03 bits per heavy atom. The minimum Gasteiger partial charge on any atom is -0.389 e. The van der Waals surface area contributed by atoms with Gasteiger partial charge in [0.15, 0.2) is 5.43 Å². The molecule has 0 unspecified atom stereocenters. The van der Waals surface area contributed by atoms with E-state index in [1.165, 1.54) is 6.20 Å². The standard InChI is InChI=1S/C26H31Cl2N5O3/c1-13(2)33-20(11-29-15-4-5-15)14(3)25(35)17-7-6-16(22(28)24(17)33)23-18(27)10-30-26(32-23)31-19-8-9-36-12-21(19)34/h6-7,10,13,15,19,21,29,34H,4-5,8-9,11-12H2,1-3H3,(H,30,31,32)/t19-,21-/m1/s1. The van der Waals surface area contributed by atoms with Gasteiger partial charge in [-0.1, -0.05) is 29.3 Å². The molecule has 0 radical (unpaired) electrons. The summed E-state index contributed by atoms with van der Waals surface area (Å²) in [5.41, 5.74) is 3.41. The fourth-order valence-corrected chi connectivity index (χ4v) is 5.35. The number of fused-ring (bicyclic) bond motifs is 1. The van der Waals surface area contributed by atoms with Crippen molar-refractivity contribution in [2.75, 3.05) is 18.5 Å². The number of aliphatic hydroxyl groups is 1. The second-order valence-corrected chi connectivity index (χ2v) is 10.7. The molecule has 3 N–H and O–H groups in total. The average Bonchev–Trinajstić information content (AvgIpc) is 3.68. The highest BCUT2D eigenvalue weighted by atomic mass is 35.5. The zero-order valence-electron chi connectivity index (χ0n) is 20.6. The number of pyridine rings is 1. The van der Waals surface area contributed by atoms with E-state index >= 15 is 0 Å². The molecule has 1 saturated carbocycles. The Bertz CT molecular complexity index is 1360. The van der Waals surface area contributed by atoms with Crippen LogP contribution in [0.3, 0.4) is 0 Å². The van der Waals surface area contributed by atoms with Gasteiger partial charge in [0.25, 0.3) is 0 Å². The highest BCUT2D eigenvalue weighted by Crippen LogP contribution is 2.38. The summed E-state index contributed by atoms with van der Waals surface area (Å²) in [4.78, 5) is 22.3. The second kappa shape index (κ2) is 10.3. The van der Waals surface area contributed by atoms with Crippen LogP contribution in [0.5, 0.6) is 0 Å². The summed E-state index contributed by atoms with van der Waals surface area (Å²) in [6.07, 6.45) is 3.83. The first-order valence-corrected chi connectivity index (χ1v) is 13.2. The molecule has 2 aromatic heterocycles. The molecule has 1 aliphatic carbocycles. The first kappa shape index (κ1) is 25.4. The van der Waals surface area contributed by atoms with Crippen LogP contribution in [0, 0.1) is 6.92 Å². The van der Waals surface area contributed by atoms with E-state index in [4.69, 9.17) is 27.9 Å². The minimum atomic E-state index is -0.655. The lowest BCUT2D eigenvalue weighted by molar-refractivity contribution is -0.0136. The molecule has 2 fully saturated rings. The Morgan fingerprint density at radius 3 is 2.72 bits per heavy atom. The summed E-state index contributed by atoms with van der Waals surface area (Å²) in [6, 6.07) is 3.95. The zero-order chi connectivity index (χ0) is 25.6. The van der Waals surface area contributed by atoms with Crippen molar-refractivity contribution < 1.29 is 9.84 Å². The molecule has 3 heterocycles. The van der Waals surface area contributed by atoms with Gasteiger partial charge in [0, 0.05) is 47.4 Å². The van der Waals surface area contributed by atoms with Crippen molar-refractivity contribution in [3.63, 3.8) is 0 Å². The van der Waals surface area contributed by atoms with E-state index in [1.54, 1.807) is 12.1 Å². The number of hydrogen-bond donors (Lipinski definition) is 3. The normalized spacial score (nSPS) is 20.3. The zero-order valence-corrected chi connectivity index (χ0v) is 22.2. The lowest BCUT2D eigenvalue weighted by atomic mass is 10.0. The molecule has 3 aromatic rings. The van der Waals surface area contributed by atoms with E-state index in [2.05, 4.69) is 39.0 Å². The lowest BCUT2D eigenvalue weighted by Gasteiger charge is -2.28. The molecule has 0 amide bonds. The largest absolute Gasteiger partial charge is 0.389 e. The molecule has 2 aliphatic rings. The van der Waals surface area contributed by atoms with Crippen molar-refractivity contribution in [2.45, 2.75) is 70.8 Å². The molecule has 5 rings (SSSR count). The predicted octanol–water partition coefficient (Wildman–Crippen LogP) is 4.47. The van der Waals surface area contributed by atoms with Gasteiger partial charge in [0.1, 0.15) is 0 Å². The fraction of sp³-hybridized carbons (Fsp3) is 0.500. The first-order chi connectivity index (χ1) is 17.3. The Balaban J connectivity index is 1.62. The molecule has 36 heavy (non-hydrogen) atoms. The van der Waals surface area contributed by atoms with Gasteiger partial charge < -0.3 is 25.0 Å². The number of anilines is 1. The summed E-state index contributed by atoms with van der Waals surface area (Å²) >= 11 is 13.6. The quantitative estimate of drug-likeness (QED) is 0.413. The van der Waals surface area contributed by atoms with E-state index in [1.807, 2.05) is 6.92 Å². The Hall–Kier alpha value is -2.23. The third-order valence-corrected chi connectivity index (χ3v) is 7.62. The van der Waals surface area contributed by atoms with Crippen LogP contribution in [0.15, 0.2) is 23.1 Å². The molecule has 0 spiro atoms. The van der Waals surface area contributed by atoms with E-state index in [0.717, 1.165) is 24.1 Å². The maximum Gasteiger partial charge on any atom is 0.223 e. The number of aliphatic hydroxyl groups excluding tert-OH is 1. The van der Waals surface area contributed by atoms with Gasteiger partial charge in [0.2, 0.25) is 5.95 Å². The van der Waals surface area contributed by atoms with Crippen molar-refractivity contribution >= 4 is 40.1 Å². The highest BCUT2D eigenvalue weighted by Gasteiger charge is 2.26. The van der Waals surface area contributed by atoms with Crippen LogP contribution in [0.1, 0.15) is 50.4 Å². The maximum atomic E-state index is 13.4. The molecule has 1 aliphatic heterocycles. The van der Waals surface area contributed by atoms with Crippen LogP contribution in [0.4, 0.5) is 5.95 Å². The minimum absolute atomic E-state index is 0.0207. The van der Waals surface area contributed by atoms with Gasteiger partial charge in [-0.25, -0.2) is 9.97 Å². The summed E-state index contributed by atoms with van der Waals surface area (Å²) < 4.78 is 7.46. The maximum absolute atomic E-state index is 13.4. The fourth-order valence-electron chi connectivity index (χ4n) is 4.81. The number of hydrogen-bond acceptors (Lipinski definition) is 7. The summed E-state index contributed by atoms with van der Waals surface area (Å²) in [7, 11) is 0. The molecule has 2 atom stereocenters. The van der Waals surface area contributed by atoms with Crippen molar-refractivity contribution in [2.24, 2.45) is 0 Å². The third kappa shape index (κ3) is 4.85. The van der Waals surface area contributed by atoms with E-state index < -0.39 is 6.10 Å². The van der Waals surface area contributed by atoms with Crippen LogP contribution in [-0.2, 0) is 11.3 Å². The van der Waals surface area contributed by atoms with Crippen molar-refractivity contribution in [1.82, 2.24) is 19.9 Å². The van der Waals surface area contributed by atoms with Gasteiger partial charge in [-0.05, 0) is 46.1 Å². The molecule has 8 nitrogen and oxygen atoms in total. The SMILES string of the molecule is Cc1c(CNC2CC2)n(C(C)C)c2c(Cl)c(-c3nc(N[C@@H]4CCOC[C@H]4O)ncc3Cl)ccc2c1=O. The molecule has 10 heteroatoms. The number of ether oxygens (including phenoxy) is 1. The van der Waals surface area contributed by atoms with E-state index in [0.29, 0.717) is 63.8 Å². The topological polar surface area (TPSA) is 101 Å². The number of halogens is 2.